The molecule has 5 heteroatoms. The number of hydrogen-bond donors (Lipinski definition) is 2. The van der Waals surface area contributed by atoms with Gasteiger partial charge in [0.25, 0.3) is 0 Å². The van der Waals surface area contributed by atoms with Crippen LogP contribution in [0.2, 0.25) is 0 Å². The molecule has 2 fully saturated rings. The quantitative estimate of drug-likeness (QED) is 0.709. The third-order valence-electron chi connectivity index (χ3n) is 6.60. The highest BCUT2D eigenvalue weighted by Gasteiger charge is 2.33. The number of hydrogen-bond acceptors (Lipinski definition) is 4. The lowest BCUT2D eigenvalue weighted by molar-refractivity contribution is 0.326. The number of nitrogens with one attached hydrogen (secondary N) is 2. The van der Waals surface area contributed by atoms with E-state index in [2.05, 4.69) is 52.1 Å². The normalized spacial score (nSPS) is 24.9. The number of piperidine rings is 1. The average molecular weight is 386 g/mol. The summed E-state index contributed by atoms with van der Waals surface area (Å²) in [6, 6.07) is 17.1. The fourth-order valence-corrected chi connectivity index (χ4v) is 5.25. The lowest BCUT2D eigenvalue weighted by Crippen LogP contribution is -2.43. The van der Waals surface area contributed by atoms with Crippen LogP contribution in [0.25, 0.3) is 16.8 Å². The molecule has 2 bridgehead atoms. The van der Waals surface area contributed by atoms with Gasteiger partial charge >= 0.3 is 0 Å². The number of anilines is 1. The molecular weight excluding hydrogens is 360 g/mol. The Labute approximate surface area is 171 Å². The molecule has 3 aliphatic rings. The number of ether oxygens (including phenoxy) is 1. The molecule has 3 atom stereocenters. The second kappa shape index (κ2) is 6.92. The highest BCUT2D eigenvalue weighted by molar-refractivity contribution is 5.77. The van der Waals surface area contributed by atoms with Crippen LogP contribution < -0.4 is 15.4 Å². The molecule has 1 aromatic heterocycles. The van der Waals surface area contributed by atoms with Gasteiger partial charge in [0.1, 0.15) is 5.75 Å². The second-order valence-electron chi connectivity index (χ2n) is 8.55. The lowest BCUT2D eigenvalue weighted by Gasteiger charge is -2.30. The smallest absolute Gasteiger partial charge is 0.129 e. The first-order valence-electron chi connectivity index (χ1n) is 10.7. The van der Waals surface area contributed by atoms with Crippen molar-refractivity contribution in [2.75, 3.05) is 11.9 Å². The molecular formula is C24H26N4O. The summed E-state index contributed by atoms with van der Waals surface area (Å²) < 4.78 is 8.00. The molecule has 0 unspecified atom stereocenters. The van der Waals surface area contributed by atoms with Gasteiger partial charge in [-0.05, 0) is 67.1 Å². The SMILES string of the molecule is c1cnn(-c2ccc3c(c2)OCCc2cc(N[C@@H]4C[C@H]5CC[C@@H](C4)N5)ccc2-3)c1. The maximum atomic E-state index is 6.13. The van der Waals surface area contributed by atoms with Gasteiger partial charge in [0, 0.05) is 54.3 Å². The van der Waals surface area contributed by atoms with Crippen LogP contribution in [0.3, 0.4) is 0 Å². The van der Waals surface area contributed by atoms with Gasteiger partial charge in [-0.3, -0.25) is 0 Å². The summed E-state index contributed by atoms with van der Waals surface area (Å²) in [4.78, 5) is 0. The van der Waals surface area contributed by atoms with Crippen molar-refractivity contribution >= 4 is 5.69 Å². The number of aromatic nitrogens is 2. The summed E-state index contributed by atoms with van der Waals surface area (Å²) in [5.74, 6) is 0.937. The first-order valence-corrected chi connectivity index (χ1v) is 10.7. The summed E-state index contributed by atoms with van der Waals surface area (Å²) in [5.41, 5.74) is 6.07. The van der Waals surface area contributed by atoms with Crippen LogP contribution in [0.1, 0.15) is 31.2 Å². The third kappa shape index (κ3) is 3.19. The minimum absolute atomic E-state index is 0.581. The summed E-state index contributed by atoms with van der Waals surface area (Å²) in [7, 11) is 0. The Balaban J connectivity index is 1.28. The molecule has 0 aliphatic carbocycles. The second-order valence-corrected chi connectivity index (χ2v) is 8.55. The molecule has 0 spiro atoms. The number of nitrogens with zero attached hydrogens (tertiary/aromatic N) is 2. The van der Waals surface area contributed by atoms with Crippen LogP contribution in [0, 0.1) is 0 Å². The molecule has 4 heterocycles. The third-order valence-corrected chi connectivity index (χ3v) is 6.60. The molecule has 148 valence electrons. The van der Waals surface area contributed by atoms with E-state index >= 15 is 0 Å². The molecule has 2 aromatic carbocycles. The van der Waals surface area contributed by atoms with Crippen molar-refractivity contribution in [3.8, 4) is 22.6 Å². The van der Waals surface area contributed by atoms with Gasteiger partial charge in [0.05, 0.1) is 12.3 Å². The Hall–Kier alpha value is -2.79. The molecule has 0 amide bonds. The molecule has 0 saturated carbocycles. The van der Waals surface area contributed by atoms with Crippen molar-refractivity contribution in [3.63, 3.8) is 0 Å². The minimum atomic E-state index is 0.581. The summed E-state index contributed by atoms with van der Waals surface area (Å²) in [5, 5.41) is 11.9. The van der Waals surface area contributed by atoms with Crippen LogP contribution in [-0.2, 0) is 6.42 Å². The van der Waals surface area contributed by atoms with Gasteiger partial charge in [-0.15, -0.1) is 0 Å². The van der Waals surface area contributed by atoms with E-state index in [4.69, 9.17) is 4.74 Å². The molecule has 0 radical (unpaired) electrons. The summed E-state index contributed by atoms with van der Waals surface area (Å²) >= 11 is 0. The lowest BCUT2D eigenvalue weighted by atomic mass is 9.96. The topological polar surface area (TPSA) is 51.1 Å². The fraction of sp³-hybridized carbons (Fsp3) is 0.375. The molecule has 6 rings (SSSR count). The standard InChI is InChI=1S/C24H26N4O/c1-9-25-28(10-1)21-5-7-23-22-6-4-17(12-16(22)8-11-29-24(23)15-21)27-20-13-18-2-3-19(14-20)26-18/h1,4-7,9-10,12,15,18-20,26-27H,2-3,8,11,13-14H2/t18-,19+,20-. The van der Waals surface area contributed by atoms with Crippen molar-refractivity contribution in [3.05, 3.63) is 60.4 Å². The Morgan fingerprint density at radius 2 is 1.90 bits per heavy atom. The molecule has 3 aliphatic heterocycles. The van der Waals surface area contributed by atoms with Crippen molar-refractivity contribution in [2.45, 2.75) is 50.2 Å². The van der Waals surface area contributed by atoms with E-state index in [-0.39, 0.29) is 0 Å². The van der Waals surface area contributed by atoms with Crippen LogP contribution in [-0.4, -0.2) is 34.5 Å². The van der Waals surface area contributed by atoms with Crippen molar-refractivity contribution in [2.24, 2.45) is 0 Å². The van der Waals surface area contributed by atoms with Gasteiger partial charge < -0.3 is 15.4 Å². The molecule has 2 N–H and O–H groups in total. The van der Waals surface area contributed by atoms with Crippen LogP contribution in [0.5, 0.6) is 5.75 Å². The van der Waals surface area contributed by atoms with Gasteiger partial charge in [-0.2, -0.15) is 5.10 Å². The highest BCUT2D eigenvalue weighted by Crippen LogP contribution is 2.38. The first kappa shape index (κ1) is 17.1. The van der Waals surface area contributed by atoms with Crippen LogP contribution >= 0.6 is 0 Å². The maximum Gasteiger partial charge on any atom is 0.129 e. The minimum Gasteiger partial charge on any atom is -0.493 e. The van der Waals surface area contributed by atoms with E-state index in [1.54, 1.807) is 6.20 Å². The predicted octanol–water partition coefficient (Wildman–Crippen LogP) is 4.17. The first-order chi connectivity index (χ1) is 14.3. The molecule has 3 aromatic rings. The zero-order valence-electron chi connectivity index (χ0n) is 16.5. The average Bonchev–Trinajstić information content (AvgIpc) is 3.34. The van der Waals surface area contributed by atoms with E-state index in [1.807, 2.05) is 16.9 Å². The monoisotopic (exact) mass is 386 g/mol. The Morgan fingerprint density at radius 3 is 2.72 bits per heavy atom. The number of fused-ring (bicyclic) bond motifs is 5. The zero-order chi connectivity index (χ0) is 19.2. The maximum absolute atomic E-state index is 6.13. The summed E-state index contributed by atoms with van der Waals surface area (Å²) in [6.07, 6.45) is 9.81. The predicted molar refractivity (Wildman–Crippen MR) is 115 cm³/mol. The largest absolute Gasteiger partial charge is 0.493 e. The van der Waals surface area contributed by atoms with Crippen molar-refractivity contribution in [1.82, 2.24) is 15.1 Å². The Bertz CT molecular complexity index is 1020. The molecule has 5 nitrogen and oxygen atoms in total. The summed E-state index contributed by atoms with van der Waals surface area (Å²) in [6.45, 7) is 0.698. The van der Waals surface area contributed by atoms with Crippen LogP contribution in [0.4, 0.5) is 5.69 Å². The van der Waals surface area contributed by atoms with Crippen molar-refractivity contribution < 1.29 is 4.74 Å². The zero-order valence-corrected chi connectivity index (χ0v) is 16.5. The van der Waals surface area contributed by atoms with Gasteiger partial charge in [0.15, 0.2) is 0 Å². The molecule has 29 heavy (non-hydrogen) atoms. The van der Waals surface area contributed by atoms with E-state index in [0.29, 0.717) is 24.7 Å². The highest BCUT2D eigenvalue weighted by atomic mass is 16.5. The fourth-order valence-electron chi connectivity index (χ4n) is 5.25. The van der Waals surface area contributed by atoms with Crippen molar-refractivity contribution in [1.29, 1.82) is 0 Å². The molecule has 2 saturated heterocycles. The Kier molecular flexibility index (Phi) is 4.08. The van der Waals surface area contributed by atoms with Gasteiger partial charge in [0.2, 0.25) is 0 Å². The van der Waals surface area contributed by atoms with E-state index in [1.165, 1.54) is 48.1 Å². The van der Waals surface area contributed by atoms with E-state index in [9.17, 15) is 0 Å². The van der Waals surface area contributed by atoms with Crippen LogP contribution in [0.15, 0.2) is 54.9 Å². The number of rotatable bonds is 3. The Morgan fingerprint density at radius 1 is 1.03 bits per heavy atom. The van der Waals surface area contributed by atoms with E-state index < -0.39 is 0 Å². The van der Waals surface area contributed by atoms with Gasteiger partial charge in [-0.1, -0.05) is 6.07 Å². The number of benzene rings is 2. The van der Waals surface area contributed by atoms with E-state index in [0.717, 1.165) is 17.9 Å². The van der Waals surface area contributed by atoms with Gasteiger partial charge in [-0.25, -0.2) is 4.68 Å².